The summed E-state index contributed by atoms with van der Waals surface area (Å²) in [5, 5.41) is 20.5. The molecule has 0 aliphatic carbocycles. The fraction of sp³-hybridized carbons (Fsp3) is 0.725. The molecule has 0 amide bonds. The molecule has 5 atom stereocenters. The van der Waals surface area contributed by atoms with Gasteiger partial charge in [0.1, 0.15) is 25.4 Å². The van der Waals surface area contributed by atoms with Crippen LogP contribution in [-0.2, 0) is 55.8 Å². The molecule has 0 aromatic carbocycles. The SMILES string of the molecule is CC/C=C\C/C=C\C/C=C\CCCCCCCCCC(=O)OCC(COP(=O)(O)OCC(O)COP(=O)(O)OCC(O)COC(=O)CCCCCCCC/C=C\C/C=C\C/C=C\CCCCC)OC(=O)CCCCCCC/C=C\C/C=C\CCCCC. The molecule has 502 valence electrons. The molecule has 18 heteroatoms. The van der Waals surface area contributed by atoms with E-state index in [1.54, 1.807) is 0 Å². The number of hydrogen-bond acceptors (Lipinski definition) is 14. The van der Waals surface area contributed by atoms with Crippen molar-refractivity contribution in [3.63, 3.8) is 0 Å². The monoisotopic (exact) mass is 1270 g/mol. The molecule has 87 heavy (non-hydrogen) atoms. The number of carbonyl (C=O) groups is 3. The minimum Gasteiger partial charge on any atom is -0.463 e. The van der Waals surface area contributed by atoms with E-state index in [1.165, 1.54) is 44.9 Å². The maximum atomic E-state index is 12.9. The van der Waals surface area contributed by atoms with Crippen molar-refractivity contribution >= 4 is 33.6 Å². The van der Waals surface area contributed by atoms with E-state index in [9.17, 15) is 43.5 Å². The van der Waals surface area contributed by atoms with Gasteiger partial charge in [-0.05, 0) is 122 Å². The quantitative estimate of drug-likeness (QED) is 0.0146. The van der Waals surface area contributed by atoms with E-state index in [1.807, 2.05) is 0 Å². The molecule has 4 N–H and O–H groups in total. The third-order valence-corrected chi connectivity index (χ3v) is 15.7. The smallest absolute Gasteiger partial charge is 0.463 e. The van der Waals surface area contributed by atoms with Gasteiger partial charge in [-0.25, -0.2) is 9.13 Å². The molecule has 5 unspecified atom stereocenters. The van der Waals surface area contributed by atoms with E-state index in [2.05, 4.69) is 118 Å². The highest BCUT2D eigenvalue weighted by atomic mass is 31.2. The van der Waals surface area contributed by atoms with Crippen LogP contribution in [0.2, 0.25) is 0 Å². The van der Waals surface area contributed by atoms with E-state index < -0.39 is 91.5 Å². The summed E-state index contributed by atoms with van der Waals surface area (Å²) in [7, 11) is -9.78. The summed E-state index contributed by atoms with van der Waals surface area (Å²) in [6, 6.07) is 0. The number of esters is 3. The van der Waals surface area contributed by atoms with Crippen molar-refractivity contribution in [2.75, 3.05) is 39.6 Å². The highest BCUT2D eigenvalue weighted by Crippen LogP contribution is 2.45. The number of phosphoric ester groups is 2. The first-order valence-electron chi connectivity index (χ1n) is 33.5. The minimum absolute atomic E-state index is 0.0849. The predicted molar refractivity (Wildman–Crippen MR) is 353 cm³/mol. The van der Waals surface area contributed by atoms with E-state index in [-0.39, 0.29) is 19.3 Å². The Morgan fingerprint density at radius 2 is 0.609 bits per heavy atom. The highest BCUT2D eigenvalue weighted by Gasteiger charge is 2.29. The summed E-state index contributed by atoms with van der Waals surface area (Å²) in [5.74, 6) is -1.61. The lowest BCUT2D eigenvalue weighted by Crippen LogP contribution is -2.30. The molecule has 0 aliphatic heterocycles. The number of unbranched alkanes of at least 4 members (excludes halogenated alkanes) is 24. The van der Waals surface area contributed by atoms with Gasteiger partial charge in [0.2, 0.25) is 0 Å². The third kappa shape index (κ3) is 63.8. The maximum absolute atomic E-state index is 12.9. The summed E-state index contributed by atoms with van der Waals surface area (Å²) in [6.45, 7) is 2.46. The van der Waals surface area contributed by atoms with Gasteiger partial charge in [0, 0.05) is 19.3 Å². The fourth-order valence-corrected chi connectivity index (χ4v) is 10.2. The topological polar surface area (TPSA) is 231 Å². The summed E-state index contributed by atoms with van der Waals surface area (Å²) in [5.41, 5.74) is 0. The zero-order valence-electron chi connectivity index (χ0n) is 54.2. The van der Waals surface area contributed by atoms with Crippen LogP contribution in [0, 0.1) is 0 Å². The van der Waals surface area contributed by atoms with Crippen molar-refractivity contribution in [2.45, 2.75) is 283 Å². The number of hydrogen-bond donors (Lipinski definition) is 4. The Bertz CT molecular complexity index is 1980. The summed E-state index contributed by atoms with van der Waals surface area (Å²) >= 11 is 0. The Hall–Kier alpha value is -3.53. The molecule has 0 aromatic heterocycles. The molecular weight excluding hydrogens is 1150 g/mol. The lowest BCUT2D eigenvalue weighted by Gasteiger charge is -2.21. The second kappa shape index (κ2) is 62.7. The molecule has 0 spiro atoms. The number of ether oxygens (including phenoxy) is 3. The predicted octanol–water partition coefficient (Wildman–Crippen LogP) is 18.3. The molecule has 0 rings (SSSR count). The first-order chi connectivity index (χ1) is 42.2. The van der Waals surface area contributed by atoms with Crippen LogP contribution < -0.4 is 0 Å². The lowest BCUT2D eigenvalue weighted by molar-refractivity contribution is -0.161. The van der Waals surface area contributed by atoms with Gasteiger partial charge in [0.05, 0.1) is 26.4 Å². The normalized spacial score (nSPS) is 14.9. The van der Waals surface area contributed by atoms with Crippen LogP contribution in [0.4, 0.5) is 0 Å². The van der Waals surface area contributed by atoms with Crippen molar-refractivity contribution in [3.8, 4) is 0 Å². The second-order valence-corrected chi connectivity index (χ2v) is 25.1. The van der Waals surface area contributed by atoms with Crippen molar-refractivity contribution < 1.29 is 75.8 Å². The molecule has 0 heterocycles. The zero-order valence-corrected chi connectivity index (χ0v) is 56.0. The zero-order chi connectivity index (χ0) is 63.8. The van der Waals surface area contributed by atoms with Gasteiger partial charge in [-0.15, -0.1) is 0 Å². The molecule has 0 bridgehead atoms. The van der Waals surface area contributed by atoms with Gasteiger partial charge in [-0.3, -0.25) is 32.5 Å². The Balaban J connectivity index is 4.70. The van der Waals surface area contributed by atoms with Gasteiger partial charge < -0.3 is 34.2 Å². The lowest BCUT2D eigenvalue weighted by atomic mass is 10.1. The van der Waals surface area contributed by atoms with Crippen molar-refractivity contribution in [1.29, 1.82) is 0 Å². The Morgan fingerprint density at radius 1 is 0.333 bits per heavy atom. The third-order valence-electron chi connectivity index (χ3n) is 13.8. The number of carbonyl (C=O) groups excluding carboxylic acids is 3. The van der Waals surface area contributed by atoms with Crippen LogP contribution in [-0.4, -0.2) is 95.9 Å². The standard InChI is InChI=1S/C69H120O16P2/c1-4-7-10-13-16-19-22-25-28-30-31-33-36-37-40-43-46-49-52-55-67(72)79-58-64(70)59-81-86(75,76)82-60-65(71)61-83-87(77,78)84-63-66(85-69(74)57-54-51-48-45-42-39-34-27-24-21-18-15-12-9-6-3)62-80-68(73)56-53-50-47-44-41-38-35-32-29-26-23-20-17-14-11-8-5-2/h8,11,16-21,25-29,31,33-34,64-66,70-71H,4-7,9-10,12-15,22-24,30,32,35-63H2,1-3H3,(H,75,76)(H,77,78)/b11-8-,19-16-,20-17-,21-18-,28-25-,29-26-,33-31-,34-27-. The van der Waals surface area contributed by atoms with Gasteiger partial charge in [0.25, 0.3) is 0 Å². The summed E-state index contributed by atoms with van der Waals surface area (Å²) in [4.78, 5) is 58.3. The summed E-state index contributed by atoms with van der Waals surface area (Å²) in [6.07, 6.45) is 67.4. The first-order valence-corrected chi connectivity index (χ1v) is 36.5. The maximum Gasteiger partial charge on any atom is 0.472 e. The minimum atomic E-state index is -4.93. The van der Waals surface area contributed by atoms with Gasteiger partial charge in [-0.1, -0.05) is 221 Å². The number of phosphoric acid groups is 2. The Labute approximate surface area is 527 Å². The van der Waals surface area contributed by atoms with Crippen LogP contribution in [0.3, 0.4) is 0 Å². The number of aliphatic hydroxyl groups is 2. The van der Waals surface area contributed by atoms with Crippen LogP contribution >= 0.6 is 15.6 Å². The molecule has 16 nitrogen and oxygen atoms in total. The van der Waals surface area contributed by atoms with E-state index in [0.717, 1.165) is 161 Å². The van der Waals surface area contributed by atoms with Crippen LogP contribution in [0.1, 0.15) is 265 Å². The first kappa shape index (κ1) is 83.5. The summed E-state index contributed by atoms with van der Waals surface area (Å²) < 4.78 is 60.8. The second-order valence-electron chi connectivity index (χ2n) is 22.2. The molecule has 0 radical (unpaired) electrons. The molecular formula is C69H120O16P2. The van der Waals surface area contributed by atoms with Crippen molar-refractivity contribution in [3.05, 3.63) is 97.2 Å². The van der Waals surface area contributed by atoms with E-state index in [4.69, 9.17) is 32.3 Å². The van der Waals surface area contributed by atoms with Crippen LogP contribution in [0.15, 0.2) is 97.2 Å². The largest absolute Gasteiger partial charge is 0.472 e. The number of rotatable bonds is 63. The molecule has 0 saturated heterocycles. The highest BCUT2D eigenvalue weighted by molar-refractivity contribution is 7.47. The van der Waals surface area contributed by atoms with Crippen molar-refractivity contribution in [2.24, 2.45) is 0 Å². The van der Waals surface area contributed by atoms with Gasteiger partial charge in [-0.2, -0.15) is 0 Å². The van der Waals surface area contributed by atoms with Gasteiger partial charge >= 0.3 is 33.6 Å². The van der Waals surface area contributed by atoms with E-state index >= 15 is 0 Å². The van der Waals surface area contributed by atoms with Gasteiger partial charge in [0.15, 0.2) is 6.10 Å². The van der Waals surface area contributed by atoms with Crippen molar-refractivity contribution in [1.82, 2.24) is 0 Å². The van der Waals surface area contributed by atoms with Crippen LogP contribution in [0.25, 0.3) is 0 Å². The molecule has 0 fully saturated rings. The average molecular weight is 1270 g/mol. The number of allylic oxidation sites excluding steroid dienone is 16. The van der Waals surface area contributed by atoms with E-state index in [0.29, 0.717) is 19.3 Å². The fourth-order valence-electron chi connectivity index (χ4n) is 8.62. The Kier molecular flexibility index (Phi) is 60.1. The molecule has 0 aliphatic rings. The Morgan fingerprint density at radius 3 is 0.966 bits per heavy atom. The van der Waals surface area contributed by atoms with Crippen LogP contribution in [0.5, 0.6) is 0 Å². The molecule has 0 aromatic rings. The number of aliphatic hydroxyl groups excluding tert-OH is 2. The average Bonchev–Trinajstić information content (AvgIpc) is 3.68. The molecule has 0 saturated carbocycles.